The van der Waals surface area contributed by atoms with Gasteiger partial charge < -0.3 is 14.6 Å². The summed E-state index contributed by atoms with van der Waals surface area (Å²) in [6, 6.07) is 0.116. The van der Waals surface area contributed by atoms with Crippen LogP contribution in [0.25, 0.3) is 0 Å². The van der Waals surface area contributed by atoms with E-state index >= 15 is 0 Å². The summed E-state index contributed by atoms with van der Waals surface area (Å²) in [5.74, 6) is 1.64. The van der Waals surface area contributed by atoms with Crippen LogP contribution >= 0.6 is 0 Å². The van der Waals surface area contributed by atoms with E-state index in [1.165, 1.54) is 0 Å². The Hall–Kier alpha value is -1.63. The lowest BCUT2D eigenvalue weighted by atomic mass is 10.1. The summed E-state index contributed by atoms with van der Waals surface area (Å²) in [5.41, 5.74) is 0. The molecule has 0 saturated carbocycles. The third-order valence-corrected chi connectivity index (χ3v) is 3.46. The van der Waals surface area contributed by atoms with Crippen molar-refractivity contribution in [3.05, 3.63) is 11.7 Å². The summed E-state index contributed by atoms with van der Waals surface area (Å²) in [5, 5.41) is 6.86. The SMILES string of the molecule is CCOC(=O)NC1CCCN(Cc2nc(C(C)C)no2)C1. The predicted octanol–water partition coefficient (Wildman–Crippen LogP) is 1.90. The molecule has 1 saturated heterocycles. The molecule has 1 unspecified atom stereocenters. The van der Waals surface area contributed by atoms with Gasteiger partial charge in [0.05, 0.1) is 13.2 Å². The van der Waals surface area contributed by atoms with E-state index in [4.69, 9.17) is 9.26 Å². The summed E-state index contributed by atoms with van der Waals surface area (Å²) in [6.45, 7) is 8.64. The van der Waals surface area contributed by atoms with Crippen LogP contribution in [0.3, 0.4) is 0 Å². The molecule has 2 heterocycles. The van der Waals surface area contributed by atoms with Gasteiger partial charge >= 0.3 is 6.09 Å². The van der Waals surface area contributed by atoms with Crippen LogP contribution in [0.1, 0.15) is 51.2 Å². The molecule has 118 valence electrons. The van der Waals surface area contributed by atoms with E-state index < -0.39 is 0 Å². The summed E-state index contributed by atoms with van der Waals surface area (Å²) in [7, 11) is 0. The Bertz CT molecular complexity index is 461. The van der Waals surface area contributed by atoms with Gasteiger partial charge in [0.25, 0.3) is 0 Å². The standard InChI is InChI=1S/C14H24N4O3/c1-4-20-14(19)15-11-6-5-7-18(8-11)9-12-16-13(10(2)3)17-21-12/h10-11H,4-9H2,1-3H3,(H,15,19). The zero-order chi connectivity index (χ0) is 15.2. The summed E-state index contributed by atoms with van der Waals surface area (Å²) in [6.07, 6.45) is 1.66. The lowest BCUT2D eigenvalue weighted by molar-refractivity contribution is 0.128. The fourth-order valence-electron chi connectivity index (χ4n) is 2.41. The summed E-state index contributed by atoms with van der Waals surface area (Å²) >= 11 is 0. The second-order valence-corrected chi connectivity index (χ2v) is 5.64. The van der Waals surface area contributed by atoms with Crippen LogP contribution < -0.4 is 5.32 Å². The Kier molecular flexibility index (Phi) is 5.55. The van der Waals surface area contributed by atoms with E-state index in [-0.39, 0.29) is 18.1 Å². The van der Waals surface area contributed by atoms with E-state index in [0.29, 0.717) is 19.0 Å². The first-order valence-electron chi connectivity index (χ1n) is 7.56. The van der Waals surface area contributed by atoms with E-state index in [1.807, 2.05) is 13.8 Å². The molecular formula is C14H24N4O3. The van der Waals surface area contributed by atoms with Gasteiger partial charge in [0.2, 0.25) is 5.89 Å². The van der Waals surface area contributed by atoms with Crippen molar-refractivity contribution in [1.29, 1.82) is 0 Å². The van der Waals surface area contributed by atoms with Gasteiger partial charge in [-0.15, -0.1) is 0 Å². The summed E-state index contributed by atoms with van der Waals surface area (Å²) in [4.78, 5) is 18.1. The largest absolute Gasteiger partial charge is 0.450 e. The maximum atomic E-state index is 11.5. The highest BCUT2D eigenvalue weighted by atomic mass is 16.5. The molecule has 1 aliphatic heterocycles. The Morgan fingerprint density at radius 1 is 1.57 bits per heavy atom. The van der Waals surface area contributed by atoms with Gasteiger partial charge in [-0.25, -0.2) is 4.79 Å². The Balaban J connectivity index is 1.84. The lowest BCUT2D eigenvalue weighted by Gasteiger charge is -2.31. The van der Waals surface area contributed by atoms with Crippen molar-refractivity contribution >= 4 is 6.09 Å². The van der Waals surface area contributed by atoms with Crippen LogP contribution in [0.5, 0.6) is 0 Å². The minimum absolute atomic E-state index is 0.116. The molecule has 1 aromatic heterocycles. The van der Waals surface area contributed by atoms with Crippen LogP contribution in [0, 0.1) is 0 Å². The molecule has 1 fully saturated rings. The van der Waals surface area contributed by atoms with Crippen LogP contribution in [0.2, 0.25) is 0 Å². The van der Waals surface area contributed by atoms with Gasteiger partial charge in [-0.1, -0.05) is 19.0 Å². The second kappa shape index (κ2) is 7.40. The molecule has 7 heteroatoms. The second-order valence-electron chi connectivity index (χ2n) is 5.64. The molecule has 1 amide bonds. The molecule has 0 aromatic carbocycles. The highest BCUT2D eigenvalue weighted by Gasteiger charge is 2.23. The molecule has 21 heavy (non-hydrogen) atoms. The Morgan fingerprint density at radius 2 is 2.38 bits per heavy atom. The van der Waals surface area contributed by atoms with Crippen molar-refractivity contribution in [2.24, 2.45) is 0 Å². The zero-order valence-electron chi connectivity index (χ0n) is 13.0. The van der Waals surface area contributed by atoms with Crippen LogP contribution in [-0.4, -0.2) is 46.9 Å². The van der Waals surface area contributed by atoms with Gasteiger partial charge in [-0.05, 0) is 26.3 Å². The highest BCUT2D eigenvalue weighted by molar-refractivity contribution is 5.67. The van der Waals surface area contributed by atoms with E-state index in [1.54, 1.807) is 6.92 Å². The minimum Gasteiger partial charge on any atom is -0.450 e. The van der Waals surface area contributed by atoms with E-state index in [9.17, 15) is 4.79 Å². The monoisotopic (exact) mass is 296 g/mol. The number of nitrogens with zero attached hydrogens (tertiary/aromatic N) is 3. The van der Waals surface area contributed by atoms with Gasteiger partial charge in [0, 0.05) is 18.5 Å². The highest BCUT2D eigenvalue weighted by Crippen LogP contribution is 2.15. The smallest absolute Gasteiger partial charge is 0.407 e. The number of hydrogen-bond donors (Lipinski definition) is 1. The van der Waals surface area contributed by atoms with Crippen molar-refractivity contribution in [2.75, 3.05) is 19.7 Å². The number of rotatable bonds is 5. The average Bonchev–Trinajstić information content (AvgIpc) is 2.88. The normalized spacial score (nSPS) is 19.7. The molecule has 1 atom stereocenters. The van der Waals surface area contributed by atoms with Gasteiger partial charge in [0.1, 0.15) is 0 Å². The van der Waals surface area contributed by atoms with Crippen molar-refractivity contribution in [3.63, 3.8) is 0 Å². The molecule has 1 N–H and O–H groups in total. The molecule has 2 rings (SSSR count). The number of carbonyl (C=O) groups is 1. The Morgan fingerprint density at radius 3 is 3.05 bits per heavy atom. The topological polar surface area (TPSA) is 80.5 Å². The number of amides is 1. The number of carbonyl (C=O) groups excluding carboxylic acids is 1. The molecule has 1 aliphatic rings. The van der Waals surface area contributed by atoms with Crippen molar-refractivity contribution in [2.45, 2.75) is 52.1 Å². The molecule has 1 aromatic rings. The third kappa shape index (κ3) is 4.70. The third-order valence-electron chi connectivity index (χ3n) is 3.46. The van der Waals surface area contributed by atoms with E-state index in [0.717, 1.165) is 31.8 Å². The molecule has 0 bridgehead atoms. The molecule has 7 nitrogen and oxygen atoms in total. The van der Waals surface area contributed by atoms with Crippen molar-refractivity contribution in [1.82, 2.24) is 20.4 Å². The van der Waals surface area contributed by atoms with Gasteiger partial charge in [-0.2, -0.15) is 4.98 Å². The first-order valence-corrected chi connectivity index (χ1v) is 7.56. The molecule has 0 spiro atoms. The number of nitrogens with one attached hydrogen (secondary N) is 1. The average molecular weight is 296 g/mol. The van der Waals surface area contributed by atoms with E-state index in [2.05, 4.69) is 20.4 Å². The first kappa shape index (κ1) is 15.8. The maximum Gasteiger partial charge on any atom is 0.407 e. The predicted molar refractivity (Wildman–Crippen MR) is 76.8 cm³/mol. The minimum atomic E-state index is -0.343. The fraction of sp³-hybridized carbons (Fsp3) is 0.786. The van der Waals surface area contributed by atoms with Crippen LogP contribution in [0.15, 0.2) is 4.52 Å². The van der Waals surface area contributed by atoms with Gasteiger partial charge in [-0.3, -0.25) is 4.90 Å². The van der Waals surface area contributed by atoms with Crippen molar-refractivity contribution < 1.29 is 14.1 Å². The zero-order valence-corrected chi connectivity index (χ0v) is 13.0. The maximum absolute atomic E-state index is 11.5. The lowest BCUT2D eigenvalue weighted by Crippen LogP contribution is -2.47. The Labute approximate surface area is 125 Å². The quantitative estimate of drug-likeness (QED) is 0.894. The number of hydrogen-bond acceptors (Lipinski definition) is 6. The van der Waals surface area contributed by atoms with Gasteiger partial charge in [0.15, 0.2) is 5.82 Å². The molecule has 0 radical (unpaired) electrons. The molecular weight excluding hydrogens is 272 g/mol. The first-order chi connectivity index (χ1) is 10.1. The number of piperidine rings is 1. The number of ether oxygens (including phenoxy) is 1. The number of alkyl carbamates (subject to hydrolysis) is 1. The number of likely N-dealkylation sites (tertiary alicyclic amines) is 1. The van der Waals surface area contributed by atoms with Crippen LogP contribution in [-0.2, 0) is 11.3 Å². The number of aromatic nitrogens is 2. The molecule has 0 aliphatic carbocycles. The van der Waals surface area contributed by atoms with Crippen molar-refractivity contribution in [3.8, 4) is 0 Å². The fourth-order valence-corrected chi connectivity index (χ4v) is 2.41. The van der Waals surface area contributed by atoms with Crippen LogP contribution in [0.4, 0.5) is 4.79 Å². The summed E-state index contributed by atoms with van der Waals surface area (Å²) < 4.78 is 10.2.